The van der Waals surface area contributed by atoms with Crippen LogP contribution in [-0.2, 0) is 23.0 Å². The van der Waals surface area contributed by atoms with Crippen molar-refractivity contribution in [3.63, 3.8) is 0 Å². The molecule has 2 aromatic carbocycles. The molecule has 2 aliphatic heterocycles. The third kappa shape index (κ3) is 3.58. The zero-order chi connectivity index (χ0) is 19.7. The fraction of sp³-hybridized carbons (Fsp3) is 0.381. The molecular weight excluding hydrogens is 392 g/mol. The van der Waals surface area contributed by atoms with E-state index < -0.39 is 10.0 Å². The van der Waals surface area contributed by atoms with Crippen LogP contribution in [0, 0.1) is 0 Å². The minimum Gasteiger partial charge on any atom is -0.339 e. The van der Waals surface area contributed by atoms with Crippen LogP contribution in [0.3, 0.4) is 0 Å². The van der Waals surface area contributed by atoms with Crippen molar-refractivity contribution in [2.75, 3.05) is 25.9 Å². The quantitative estimate of drug-likeness (QED) is 0.717. The minimum atomic E-state index is -3.66. The third-order valence-corrected chi connectivity index (χ3v) is 8.17. The van der Waals surface area contributed by atoms with Gasteiger partial charge in [-0.15, -0.1) is 11.8 Å². The number of amides is 1. The highest BCUT2D eigenvalue weighted by molar-refractivity contribution is 7.98. The van der Waals surface area contributed by atoms with Crippen molar-refractivity contribution in [2.24, 2.45) is 0 Å². The van der Waals surface area contributed by atoms with Gasteiger partial charge in [-0.25, -0.2) is 8.42 Å². The van der Waals surface area contributed by atoms with Gasteiger partial charge in [0.2, 0.25) is 10.0 Å². The van der Waals surface area contributed by atoms with Crippen LogP contribution in [0.2, 0.25) is 0 Å². The van der Waals surface area contributed by atoms with E-state index in [-0.39, 0.29) is 10.8 Å². The monoisotopic (exact) mass is 416 g/mol. The Hall–Kier alpha value is -1.83. The second kappa shape index (κ2) is 7.89. The number of thioether (sulfide) groups is 1. The fourth-order valence-electron chi connectivity index (χ4n) is 3.93. The van der Waals surface area contributed by atoms with Crippen LogP contribution in [0.25, 0.3) is 0 Å². The number of rotatable bonds is 4. The summed E-state index contributed by atoms with van der Waals surface area (Å²) in [6, 6.07) is 12.9. The molecule has 0 N–H and O–H groups in total. The molecule has 148 valence electrons. The first-order chi connectivity index (χ1) is 13.5. The number of hydrogen-bond acceptors (Lipinski definition) is 4. The molecule has 0 radical (unpaired) electrons. The lowest BCUT2D eigenvalue weighted by Gasteiger charge is -2.28. The Morgan fingerprint density at radius 2 is 1.71 bits per heavy atom. The predicted molar refractivity (Wildman–Crippen MR) is 111 cm³/mol. The molecule has 2 heterocycles. The number of carbonyl (C=O) groups excluding carboxylic acids is 1. The van der Waals surface area contributed by atoms with Crippen molar-refractivity contribution in [3.8, 4) is 0 Å². The third-order valence-electron chi connectivity index (χ3n) is 5.53. The normalized spacial score (nSPS) is 17.5. The number of benzene rings is 2. The molecule has 0 spiro atoms. The van der Waals surface area contributed by atoms with Gasteiger partial charge in [0.1, 0.15) is 0 Å². The fourth-order valence-corrected chi connectivity index (χ4v) is 5.95. The molecule has 1 saturated heterocycles. The largest absolute Gasteiger partial charge is 0.339 e. The Bertz CT molecular complexity index is 998. The smallest absolute Gasteiger partial charge is 0.255 e. The van der Waals surface area contributed by atoms with Crippen molar-refractivity contribution < 1.29 is 13.2 Å². The van der Waals surface area contributed by atoms with Crippen LogP contribution in [0.4, 0.5) is 0 Å². The van der Waals surface area contributed by atoms with Gasteiger partial charge >= 0.3 is 0 Å². The van der Waals surface area contributed by atoms with Crippen molar-refractivity contribution in [2.45, 2.75) is 35.6 Å². The van der Waals surface area contributed by atoms with Crippen molar-refractivity contribution in [3.05, 3.63) is 59.2 Å². The predicted octanol–water partition coefficient (Wildman–Crippen LogP) is 3.39. The van der Waals surface area contributed by atoms with Gasteiger partial charge in [0.25, 0.3) is 5.91 Å². The van der Waals surface area contributed by atoms with E-state index in [1.165, 1.54) is 21.6 Å². The van der Waals surface area contributed by atoms with Gasteiger partial charge in [-0.05, 0) is 54.8 Å². The van der Waals surface area contributed by atoms with Crippen molar-refractivity contribution >= 4 is 27.7 Å². The van der Waals surface area contributed by atoms with Gasteiger partial charge in [-0.1, -0.05) is 24.3 Å². The Balaban J connectivity index is 1.66. The summed E-state index contributed by atoms with van der Waals surface area (Å²) in [5.74, 6) is -0.0668. The maximum atomic E-state index is 13.3. The van der Waals surface area contributed by atoms with Gasteiger partial charge in [0.15, 0.2) is 0 Å². The lowest BCUT2D eigenvalue weighted by molar-refractivity contribution is 0.0789. The first-order valence-electron chi connectivity index (χ1n) is 9.55. The van der Waals surface area contributed by atoms with Crippen LogP contribution in [0.1, 0.15) is 34.3 Å². The Kier molecular flexibility index (Phi) is 5.49. The second-order valence-electron chi connectivity index (χ2n) is 7.22. The summed E-state index contributed by atoms with van der Waals surface area (Å²) in [6.45, 7) is 2.32. The average Bonchev–Trinajstić information content (AvgIpc) is 3.27. The van der Waals surface area contributed by atoms with Crippen LogP contribution in [-0.4, -0.2) is 49.4 Å². The van der Waals surface area contributed by atoms with Gasteiger partial charge in [0, 0.05) is 31.1 Å². The van der Waals surface area contributed by atoms with E-state index in [1.807, 2.05) is 29.4 Å². The topological polar surface area (TPSA) is 57.7 Å². The van der Waals surface area contributed by atoms with E-state index in [0.717, 1.165) is 36.4 Å². The summed E-state index contributed by atoms with van der Waals surface area (Å²) in [5.41, 5.74) is 2.75. The van der Waals surface area contributed by atoms with Crippen LogP contribution in [0.15, 0.2) is 52.3 Å². The molecule has 2 aliphatic rings. The lowest BCUT2D eigenvalue weighted by atomic mass is 10.0. The molecule has 0 bridgehead atoms. The molecule has 7 heteroatoms. The Labute approximate surface area is 170 Å². The van der Waals surface area contributed by atoms with E-state index in [0.29, 0.717) is 25.1 Å². The maximum Gasteiger partial charge on any atom is 0.255 e. The number of fused-ring (bicyclic) bond motifs is 1. The summed E-state index contributed by atoms with van der Waals surface area (Å²) in [5, 5.41) is 0. The second-order valence-corrected chi connectivity index (χ2v) is 10.0. The molecular formula is C21H24N2O3S2. The highest BCUT2D eigenvalue weighted by Crippen LogP contribution is 2.29. The lowest BCUT2D eigenvalue weighted by Crippen LogP contribution is -2.36. The van der Waals surface area contributed by atoms with E-state index in [4.69, 9.17) is 0 Å². The van der Waals surface area contributed by atoms with Crippen LogP contribution >= 0.6 is 11.8 Å². The summed E-state index contributed by atoms with van der Waals surface area (Å²) in [7, 11) is -3.66. The molecule has 0 unspecified atom stereocenters. The zero-order valence-corrected chi connectivity index (χ0v) is 17.6. The van der Waals surface area contributed by atoms with E-state index in [9.17, 15) is 13.2 Å². The van der Waals surface area contributed by atoms with Gasteiger partial charge in [0.05, 0.1) is 10.5 Å². The minimum absolute atomic E-state index is 0.0668. The first kappa shape index (κ1) is 19.5. The number of likely N-dealkylation sites (tertiary alicyclic amines) is 1. The first-order valence-corrected chi connectivity index (χ1v) is 12.2. The molecule has 0 saturated carbocycles. The molecule has 0 aromatic heterocycles. The van der Waals surface area contributed by atoms with E-state index in [1.54, 1.807) is 18.2 Å². The van der Waals surface area contributed by atoms with Gasteiger partial charge in [-0.2, -0.15) is 4.31 Å². The summed E-state index contributed by atoms with van der Waals surface area (Å²) in [6.07, 6.45) is 4.63. The SMILES string of the molecule is CSc1ccc(S(=O)(=O)N2CCc3ccccc3C2)cc1C(=O)N1CCCC1. The van der Waals surface area contributed by atoms with Gasteiger partial charge in [-0.3, -0.25) is 4.79 Å². The standard InChI is InChI=1S/C21H24N2O3S2/c1-27-20-9-8-18(14-19(20)21(24)22-11-4-5-12-22)28(25,26)23-13-10-16-6-2-3-7-17(16)15-23/h2-3,6-9,14H,4-5,10-13,15H2,1H3. The molecule has 2 aromatic rings. The Morgan fingerprint density at radius 3 is 2.43 bits per heavy atom. The summed E-state index contributed by atoms with van der Waals surface area (Å²) < 4.78 is 28.1. The highest BCUT2D eigenvalue weighted by atomic mass is 32.2. The summed E-state index contributed by atoms with van der Waals surface area (Å²) in [4.78, 5) is 15.8. The average molecular weight is 417 g/mol. The molecule has 5 nitrogen and oxygen atoms in total. The number of hydrogen-bond donors (Lipinski definition) is 0. The van der Waals surface area contributed by atoms with Crippen LogP contribution in [0.5, 0.6) is 0 Å². The van der Waals surface area contributed by atoms with E-state index in [2.05, 4.69) is 6.07 Å². The molecule has 4 rings (SSSR count). The number of sulfonamides is 1. The Morgan fingerprint density at radius 1 is 1.00 bits per heavy atom. The molecule has 0 atom stereocenters. The maximum absolute atomic E-state index is 13.3. The highest BCUT2D eigenvalue weighted by Gasteiger charge is 2.30. The van der Waals surface area contributed by atoms with Crippen molar-refractivity contribution in [1.29, 1.82) is 0 Å². The number of nitrogens with zero attached hydrogens (tertiary/aromatic N) is 2. The van der Waals surface area contributed by atoms with Gasteiger partial charge < -0.3 is 4.90 Å². The zero-order valence-electron chi connectivity index (χ0n) is 15.9. The molecule has 28 heavy (non-hydrogen) atoms. The summed E-state index contributed by atoms with van der Waals surface area (Å²) >= 11 is 1.47. The molecule has 1 amide bonds. The van der Waals surface area contributed by atoms with Crippen molar-refractivity contribution in [1.82, 2.24) is 9.21 Å². The number of carbonyl (C=O) groups is 1. The molecule has 0 aliphatic carbocycles. The van der Waals surface area contributed by atoms with Crippen LogP contribution < -0.4 is 0 Å². The molecule has 1 fully saturated rings. The van der Waals surface area contributed by atoms with E-state index >= 15 is 0 Å².